The topological polar surface area (TPSA) is 87.3 Å². The number of amides is 3. The van der Waals surface area contributed by atoms with Crippen molar-refractivity contribution in [1.29, 1.82) is 0 Å². The van der Waals surface area contributed by atoms with E-state index in [9.17, 15) is 14.4 Å². The van der Waals surface area contributed by atoms with E-state index in [0.29, 0.717) is 36.3 Å². The molecule has 1 aromatic rings. The van der Waals surface area contributed by atoms with E-state index in [4.69, 9.17) is 0 Å². The van der Waals surface area contributed by atoms with Gasteiger partial charge in [0.05, 0.1) is 17.1 Å². The van der Waals surface area contributed by atoms with Crippen LogP contribution in [0.3, 0.4) is 0 Å². The second kappa shape index (κ2) is 9.63. The van der Waals surface area contributed by atoms with Crippen LogP contribution in [0.15, 0.2) is 18.2 Å². The van der Waals surface area contributed by atoms with E-state index >= 15 is 0 Å². The van der Waals surface area contributed by atoms with Crippen molar-refractivity contribution in [3.8, 4) is 0 Å². The molecule has 0 aromatic heterocycles. The maximum absolute atomic E-state index is 12.9. The van der Waals surface area contributed by atoms with Crippen LogP contribution in [0.25, 0.3) is 0 Å². The molecule has 0 spiro atoms. The Kier molecular flexibility index (Phi) is 8.24. The second-order valence-electron chi connectivity index (χ2n) is 9.80. The van der Waals surface area contributed by atoms with Crippen molar-refractivity contribution < 1.29 is 14.4 Å². The predicted molar refractivity (Wildman–Crippen MR) is 125 cm³/mol. The highest BCUT2D eigenvalue weighted by Crippen LogP contribution is 2.35. The van der Waals surface area contributed by atoms with Crippen LogP contribution in [0.5, 0.6) is 0 Å². The van der Waals surface area contributed by atoms with Crippen LogP contribution >= 0.6 is 0 Å². The zero-order chi connectivity index (χ0) is 23.3. The standard InChI is InChI=1S/C24H39N3O3/c1-10-22(4,5)19(28)25-16-14-13-15-17(26-20(29)23(6,7)11-2)18(16)27-21(30)24(8,9)12-3/h13-15H,10-12H2,1-9H3,(H,25,28)(H,26,29)(H,27,30). The lowest BCUT2D eigenvalue weighted by molar-refractivity contribution is -0.125. The first-order valence-electron chi connectivity index (χ1n) is 10.8. The Morgan fingerprint density at radius 3 is 1.23 bits per heavy atom. The van der Waals surface area contributed by atoms with Gasteiger partial charge in [0, 0.05) is 16.2 Å². The average Bonchev–Trinajstić information content (AvgIpc) is 2.69. The molecular weight excluding hydrogens is 378 g/mol. The molecule has 6 nitrogen and oxygen atoms in total. The molecule has 30 heavy (non-hydrogen) atoms. The largest absolute Gasteiger partial charge is 0.324 e. The molecule has 6 heteroatoms. The van der Waals surface area contributed by atoms with Crippen molar-refractivity contribution in [3.63, 3.8) is 0 Å². The highest BCUT2D eigenvalue weighted by atomic mass is 16.2. The van der Waals surface area contributed by atoms with Gasteiger partial charge in [-0.15, -0.1) is 0 Å². The Hall–Kier alpha value is -2.37. The highest BCUT2D eigenvalue weighted by Gasteiger charge is 2.31. The lowest BCUT2D eigenvalue weighted by Gasteiger charge is -2.27. The van der Waals surface area contributed by atoms with Gasteiger partial charge in [0.25, 0.3) is 0 Å². The first-order chi connectivity index (χ1) is 13.7. The number of hydrogen-bond acceptors (Lipinski definition) is 3. The van der Waals surface area contributed by atoms with Crippen LogP contribution in [0, 0.1) is 16.2 Å². The van der Waals surface area contributed by atoms with Gasteiger partial charge in [-0.25, -0.2) is 0 Å². The van der Waals surface area contributed by atoms with E-state index in [1.807, 2.05) is 62.3 Å². The fourth-order valence-corrected chi connectivity index (χ4v) is 2.24. The summed E-state index contributed by atoms with van der Waals surface area (Å²) in [7, 11) is 0. The molecule has 3 amide bonds. The Morgan fingerprint density at radius 2 is 0.933 bits per heavy atom. The van der Waals surface area contributed by atoms with Crippen LogP contribution in [-0.2, 0) is 14.4 Å². The van der Waals surface area contributed by atoms with Crippen molar-refractivity contribution >= 4 is 34.8 Å². The van der Waals surface area contributed by atoms with Gasteiger partial charge in [-0.3, -0.25) is 14.4 Å². The summed E-state index contributed by atoms with van der Waals surface area (Å²) >= 11 is 0. The number of anilines is 3. The SMILES string of the molecule is CCC(C)(C)C(=O)Nc1cccc(NC(=O)C(C)(C)CC)c1NC(=O)C(C)(C)CC. The fraction of sp³-hybridized carbons (Fsp3) is 0.625. The predicted octanol–water partition coefficient (Wildman–Crippen LogP) is 5.81. The van der Waals surface area contributed by atoms with Gasteiger partial charge in [-0.05, 0) is 31.4 Å². The molecule has 0 saturated heterocycles. The minimum atomic E-state index is -0.593. The van der Waals surface area contributed by atoms with E-state index in [1.54, 1.807) is 18.2 Å². The summed E-state index contributed by atoms with van der Waals surface area (Å²) in [6, 6.07) is 5.22. The van der Waals surface area contributed by atoms with E-state index < -0.39 is 16.2 Å². The smallest absolute Gasteiger partial charge is 0.230 e. The number of rotatable bonds is 9. The summed E-state index contributed by atoms with van der Waals surface area (Å²) in [5.41, 5.74) is -0.378. The normalized spacial score (nSPS) is 12.3. The van der Waals surface area contributed by atoms with E-state index in [2.05, 4.69) is 16.0 Å². The molecular formula is C24H39N3O3. The minimum absolute atomic E-state index is 0.146. The van der Waals surface area contributed by atoms with Gasteiger partial charge in [-0.2, -0.15) is 0 Å². The van der Waals surface area contributed by atoms with Crippen LogP contribution < -0.4 is 16.0 Å². The van der Waals surface area contributed by atoms with Crippen molar-refractivity contribution in [3.05, 3.63) is 18.2 Å². The Morgan fingerprint density at radius 1 is 0.633 bits per heavy atom. The molecule has 0 aliphatic rings. The molecule has 168 valence electrons. The third-order valence-electron chi connectivity index (χ3n) is 6.30. The average molecular weight is 418 g/mol. The molecule has 0 aliphatic heterocycles. The van der Waals surface area contributed by atoms with Gasteiger partial charge in [-0.1, -0.05) is 68.4 Å². The molecule has 0 heterocycles. The van der Waals surface area contributed by atoms with Gasteiger partial charge < -0.3 is 16.0 Å². The maximum atomic E-state index is 12.9. The molecule has 0 aliphatic carbocycles. The summed E-state index contributed by atoms with van der Waals surface area (Å²) in [6.45, 7) is 17.1. The Labute approximate surface area is 181 Å². The maximum Gasteiger partial charge on any atom is 0.230 e. The number of carbonyl (C=O) groups excluding carboxylic acids is 3. The summed E-state index contributed by atoms with van der Waals surface area (Å²) in [4.78, 5) is 38.5. The third kappa shape index (κ3) is 6.07. The zero-order valence-electron chi connectivity index (χ0n) is 20.1. The number of carbonyl (C=O) groups is 3. The monoisotopic (exact) mass is 417 g/mol. The second-order valence-corrected chi connectivity index (χ2v) is 9.80. The molecule has 3 N–H and O–H groups in total. The minimum Gasteiger partial charge on any atom is -0.324 e. The number of para-hydroxylation sites is 1. The summed E-state index contributed by atoms with van der Waals surface area (Å²) in [6.07, 6.45) is 2.00. The molecule has 0 bridgehead atoms. The van der Waals surface area contributed by atoms with Crippen LogP contribution in [0.2, 0.25) is 0 Å². The van der Waals surface area contributed by atoms with E-state index in [1.165, 1.54) is 0 Å². The summed E-state index contributed by atoms with van der Waals surface area (Å²) < 4.78 is 0. The fourth-order valence-electron chi connectivity index (χ4n) is 2.24. The van der Waals surface area contributed by atoms with Gasteiger partial charge in [0.1, 0.15) is 0 Å². The number of nitrogens with one attached hydrogen (secondary N) is 3. The van der Waals surface area contributed by atoms with Crippen molar-refractivity contribution in [1.82, 2.24) is 0 Å². The first kappa shape index (κ1) is 25.7. The molecule has 0 fully saturated rings. The van der Waals surface area contributed by atoms with Crippen molar-refractivity contribution in [2.75, 3.05) is 16.0 Å². The molecule has 1 aromatic carbocycles. The van der Waals surface area contributed by atoms with Crippen molar-refractivity contribution in [2.24, 2.45) is 16.2 Å². The number of hydrogen-bond donors (Lipinski definition) is 3. The van der Waals surface area contributed by atoms with Gasteiger partial charge in [0.15, 0.2) is 0 Å². The first-order valence-corrected chi connectivity index (χ1v) is 10.8. The van der Waals surface area contributed by atoms with Crippen LogP contribution in [0.1, 0.15) is 81.6 Å². The lowest BCUT2D eigenvalue weighted by Crippen LogP contribution is -2.34. The van der Waals surface area contributed by atoms with E-state index in [0.717, 1.165) is 0 Å². The third-order valence-corrected chi connectivity index (χ3v) is 6.30. The summed E-state index contributed by atoms with van der Waals surface area (Å²) in [5, 5.41) is 8.83. The highest BCUT2D eigenvalue weighted by molar-refractivity contribution is 6.08. The Balaban J connectivity index is 3.42. The van der Waals surface area contributed by atoms with Crippen LogP contribution in [0.4, 0.5) is 17.1 Å². The molecule has 0 radical (unpaired) electrons. The molecule has 1 rings (SSSR count). The van der Waals surface area contributed by atoms with E-state index in [-0.39, 0.29) is 17.7 Å². The molecule has 0 unspecified atom stereocenters. The van der Waals surface area contributed by atoms with Gasteiger partial charge in [0.2, 0.25) is 17.7 Å². The molecule has 0 atom stereocenters. The Bertz CT molecular complexity index is 747. The number of benzene rings is 1. The van der Waals surface area contributed by atoms with Gasteiger partial charge >= 0.3 is 0 Å². The zero-order valence-corrected chi connectivity index (χ0v) is 20.1. The lowest BCUT2D eigenvalue weighted by atomic mass is 9.88. The summed E-state index contributed by atoms with van der Waals surface area (Å²) in [5.74, 6) is -0.466. The molecule has 0 saturated carbocycles. The quantitative estimate of drug-likeness (QED) is 0.474. The van der Waals surface area contributed by atoms with Crippen LogP contribution in [-0.4, -0.2) is 17.7 Å². The van der Waals surface area contributed by atoms with Crippen molar-refractivity contribution in [2.45, 2.75) is 81.6 Å².